The number of nitrogens with one attached hydrogen (secondary N) is 1. The third-order valence-corrected chi connectivity index (χ3v) is 4.16. The van der Waals surface area contributed by atoms with Crippen LogP contribution in [-0.2, 0) is 4.79 Å². The zero-order chi connectivity index (χ0) is 14.9. The summed E-state index contributed by atoms with van der Waals surface area (Å²) in [6.45, 7) is 0.0624. The van der Waals surface area contributed by atoms with Gasteiger partial charge in [-0.1, -0.05) is 6.07 Å². The second-order valence-electron chi connectivity index (χ2n) is 4.80. The Morgan fingerprint density at radius 3 is 3.00 bits per heavy atom. The fraction of sp³-hybridized carbons (Fsp3) is 0.0625. The van der Waals surface area contributed by atoms with Crippen LogP contribution in [0.1, 0.15) is 0 Å². The Bertz CT molecular complexity index is 846. The van der Waals surface area contributed by atoms with Gasteiger partial charge >= 0.3 is 0 Å². The first-order valence-electron chi connectivity index (χ1n) is 6.73. The van der Waals surface area contributed by atoms with Crippen molar-refractivity contribution in [1.82, 2.24) is 9.97 Å². The molecule has 1 aliphatic rings. The van der Waals surface area contributed by atoms with Gasteiger partial charge in [0, 0.05) is 17.1 Å². The van der Waals surface area contributed by atoms with Crippen LogP contribution in [0.4, 0.5) is 5.69 Å². The minimum absolute atomic E-state index is 0.0624. The lowest BCUT2D eigenvalue weighted by molar-refractivity contribution is -0.118. The molecule has 6 heteroatoms. The van der Waals surface area contributed by atoms with Crippen LogP contribution in [0.2, 0.25) is 0 Å². The van der Waals surface area contributed by atoms with Gasteiger partial charge in [-0.25, -0.2) is 4.98 Å². The predicted molar refractivity (Wildman–Crippen MR) is 84.9 cm³/mol. The maximum atomic E-state index is 11.4. The Morgan fingerprint density at radius 2 is 2.14 bits per heavy atom. The molecule has 1 aliphatic heterocycles. The number of nitrogens with zero attached hydrogens (tertiary/aromatic N) is 2. The largest absolute Gasteiger partial charge is 0.482 e. The summed E-state index contributed by atoms with van der Waals surface area (Å²) in [5.74, 6) is 0.542. The molecule has 2 aromatic heterocycles. The van der Waals surface area contributed by atoms with Crippen LogP contribution in [0.3, 0.4) is 0 Å². The van der Waals surface area contributed by atoms with Crippen molar-refractivity contribution >= 4 is 22.9 Å². The minimum Gasteiger partial charge on any atom is -0.482 e. The van der Waals surface area contributed by atoms with E-state index in [9.17, 15) is 4.79 Å². The average molecular weight is 309 g/mol. The van der Waals surface area contributed by atoms with E-state index >= 15 is 0 Å². The number of thiazole rings is 1. The number of amides is 1. The molecule has 4 rings (SSSR count). The number of anilines is 1. The standard InChI is InChI=1S/C16H11N3O2S/c20-15-8-21-14-5-4-10(7-12(14)18-15)13-9-22-16(19-13)11-3-1-2-6-17-11/h1-7,9H,8H2,(H,18,20). The molecule has 0 saturated heterocycles. The molecule has 1 aromatic carbocycles. The van der Waals surface area contributed by atoms with E-state index in [0.29, 0.717) is 11.4 Å². The van der Waals surface area contributed by atoms with Crippen LogP contribution in [0.25, 0.3) is 22.0 Å². The van der Waals surface area contributed by atoms with Crippen molar-refractivity contribution in [2.45, 2.75) is 0 Å². The minimum atomic E-state index is -0.142. The fourth-order valence-corrected chi connectivity index (χ4v) is 3.06. The number of ether oxygens (including phenoxy) is 1. The molecule has 0 aliphatic carbocycles. The lowest BCUT2D eigenvalue weighted by Crippen LogP contribution is -2.25. The van der Waals surface area contributed by atoms with E-state index in [4.69, 9.17) is 4.74 Å². The van der Waals surface area contributed by atoms with Crippen LogP contribution >= 0.6 is 11.3 Å². The molecule has 3 aromatic rings. The summed E-state index contributed by atoms with van der Waals surface area (Å²) >= 11 is 1.54. The van der Waals surface area contributed by atoms with Crippen LogP contribution in [0.5, 0.6) is 5.75 Å². The molecule has 0 saturated carbocycles. The maximum absolute atomic E-state index is 11.4. The molecular weight excluding hydrogens is 298 g/mol. The Balaban J connectivity index is 1.70. The topological polar surface area (TPSA) is 64.1 Å². The number of hydrogen-bond acceptors (Lipinski definition) is 5. The number of benzene rings is 1. The highest BCUT2D eigenvalue weighted by Crippen LogP contribution is 2.34. The Hall–Kier alpha value is -2.73. The number of hydrogen-bond donors (Lipinski definition) is 1. The van der Waals surface area contributed by atoms with Gasteiger partial charge in [-0.3, -0.25) is 9.78 Å². The van der Waals surface area contributed by atoms with Crippen molar-refractivity contribution < 1.29 is 9.53 Å². The van der Waals surface area contributed by atoms with Crippen molar-refractivity contribution in [3.05, 3.63) is 48.0 Å². The molecule has 0 atom stereocenters. The molecule has 3 heterocycles. The second-order valence-corrected chi connectivity index (χ2v) is 5.66. The van der Waals surface area contributed by atoms with Gasteiger partial charge in [-0.05, 0) is 30.3 Å². The summed E-state index contributed by atoms with van der Waals surface area (Å²) in [7, 11) is 0. The SMILES string of the molecule is O=C1COc2ccc(-c3csc(-c4ccccn4)n3)cc2N1. The molecule has 1 amide bonds. The molecular formula is C16H11N3O2S. The number of carbonyl (C=O) groups excluding carboxylic acids is 1. The van der Waals surface area contributed by atoms with Gasteiger partial charge in [0.05, 0.1) is 17.1 Å². The van der Waals surface area contributed by atoms with E-state index in [1.54, 1.807) is 17.5 Å². The number of pyridine rings is 1. The van der Waals surface area contributed by atoms with Crippen molar-refractivity contribution in [1.29, 1.82) is 0 Å². The van der Waals surface area contributed by atoms with E-state index in [-0.39, 0.29) is 12.5 Å². The summed E-state index contributed by atoms with van der Waals surface area (Å²) in [6.07, 6.45) is 1.75. The van der Waals surface area contributed by atoms with Gasteiger partial charge in [-0.2, -0.15) is 0 Å². The zero-order valence-corrected chi connectivity index (χ0v) is 12.3. The van der Waals surface area contributed by atoms with Crippen LogP contribution in [0, 0.1) is 0 Å². The highest BCUT2D eigenvalue weighted by molar-refractivity contribution is 7.13. The first-order valence-corrected chi connectivity index (χ1v) is 7.61. The Labute approximate surface area is 130 Å². The molecule has 5 nitrogen and oxygen atoms in total. The van der Waals surface area contributed by atoms with Gasteiger partial charge < -0.3 is 10.1 Å². The fourth-order valence-electron chi connectivity index (χ4n) is 2.26. The number of carbonyl (C=O) groups is 1. The molecule has 0 unspecified atom stereocenters. The van der Waals surface area contributed by atoms with Gasteiger partial charge in [0.1, 0.15) is 10.8 Å². The van der Waals surface area contributed by atoms with Crippen molar-refractivity contribution in [2.24, 2.45) is 0 Å². The Morgan fingerprint density at radius 1 is 1.18 bits per heavy atom. The molecule has 108 valence electrons. The molecule has 1 N–H and O–H groups in total. The summed E-state index contributed by atoms with van der Waals surface area (Å²) < 4.78 is 5.36. The van der Waals surface area contributed by atoms with E-state index in [1.807, 2.05) is 41.8 Å². The normalized spacial score (nSPS) is 13.2. The van der Waals surface area contributed by atoms with E-state index < -0.39 is 0 Å². The van der Waals surface area contributed by atoms with Gasteiger partial charge in [0.2, 0.25) is 0 Å². The summed E-state index contributed by atoms with van der Waals surface area (Å²) in [6, 6.07) is 11.4. The third-order valence-electron chi connectivity index (χ3n) is 3.30. The van der Waals surface area contributed by atoms with E-state index in [0.717, 1.165) is 22.0 Å². The first-order chi connectivity index (χ1) is 10.8. The Kier molecular flexibility index (Phi) is 3.08. The van der Waals surface area contributed by atoms with Crippen LogP contribution in [0.15, 0.2) is 48.0 Å². The maximum Gasteiger partial charge on any atom is 0.262 e. The van der Waals surface area contributed by atoms with E-state index in [2.05, 4.69) is 15.3 Å². The second kappa shape index (κ2) is 5.23. The van der Waals surface area contributed by atoms with Gasteiger partial charge in [-0.15, -0.1) is 11.3 Å². The van der Waals surface area contributed by atoms with Gasteiger partial charge in [0.25, 0.3) is 5.91 Å². The van der Waals surface area contributed by atoms with E-state index in [1.165, 1.54) is 0 Å². The molecule has 0 radical (unpaired) electrons. The summed E-state index contributed by atoms with van der Waals surface area (Å²) in [4.78, 5) is 20.3. The molecule has 22 heavy (non-hydrogen) atoms. The lowest BCUT2D eigenvalue weighted by atomic mass is 10.1. The quantitative estimate of drug-likeness (QED) is 0.789. The van der Waals surface area contributed by atoms with Crippen molar-refractivity contribution in [3.8, 4) is 27.7 Å². The third kappa shape index (κ3) is 2.33. The number of aromatic nitrogens is 2. The molecule has 0 bridgehead atoms. The number of fused-ring (bicyclic) bond motifs is 1. The first kappa shape index (κ1) is 13.0. The smallest absolute Gasteiger partial charge is 0.262 e. The highest BCUT2D eigenvalue weighted by Gasteiger charge is 2.17. The molecule has 0 fully saturated rings. The summed E-state index contributed by atoms with van der Waals surface area (Å²) in [5, 5.41) is 5.66. The average Bonchev–Trinajstić information content (AvgIpc) is 3.05. The lowest BCUT2D eigenvalue weighted by Gasteiger charge is -2.18. The highest BCUT2D eigenvalue weighted by atomic mass is 32.1. The summed E-state index contributed by atoms with van der Waals surface area (Å²) in [5.41, 5.74) is 3.32. The predicted octanol–water partition coefficient (Wildman–Crippen LogP) is 3.20. The van der Waals surface area contributed by atoms with Crippen LogP contribution in [-0.4, -0.2) is 22.5 Å². The number of rotatable bonds is 2. The molecule has 0 spiro atoms. The van der Waals surface area contributed by atoms with Crippen molar-refractivity contribution in [2.75, 3.05) is 11.9 Å². The van der Waals surface area contributed by atoms with Crippen LogP contribution < -0.4 is 10.1 Å². The zero-order valence-electron chi connectivity index (χ0n) is 11.4. The monoisotopic (exact) mass is 309 g/mol. The van der Waals surface area contributed by atoms with Crippen molar-refractivity contribution in [3.63, 3.8) is 0 Å². The van der Waals surface area contributed by atoms with Gasteiger partial charge in [0.15, 0.2) is 6.61 Å².